The molecule has 4 rings (SSSR count). The van der Waals surface area contributed by atoms with Gasteiger partial charge in [-0.1, -0.05) is 6.07 Å². The van der Waals surface area contributed by atoms with E-state index in [0.29, 0.717) is 12.1 Å². The average Bonchev–Trinajstić information content (AvgIpc) is 3.38. The van der Waals surface area contributed by atoms with Gasteiger partial charge in [-0.15, -0.1) is 11.3 Å². The molecule has 0 atom stereocenters. The number of morpholine rings is 1. The van der Waals surface area contributed by atoms with Crippen LogP contribution in [-0.4, -0.2) is 84.8 Å². The molecular formula is C25H35N5O2S2. The molecule has 0 radical (unpaired) electrons. The van der Waals surface area contributed by atoms with Crippen LogP contribution in [0.3, 0.4) is 0 Å². The van der Waals surface area contributed by atoms with Crippen LogP contribution in [0.4, 0.5) is 0 Å². The van der Waals surface area contributed by atoms with Crippen molar-refractivity contribution in [1.29, 1.82) is 0 Å². The van der Waals surface area contributed by atoms with Crippen molar-refractivity contribution in [2.24, 2.45) is 0 Å². The first-order valence-electron chi connectivity index (χ1n) is 12.2. The lowest BCUT2D eigenvalue weighted by molar-refractivity contribution is 0.0388. The summed E-state index contributed by atoms with van der Waals surface area (Å²) < 4.78 is 5.41. The smallest absolute Gasteiger partial charge is 0.253 e. The number of hydrogen-bond donors (Lipinski definition) is 2. The fourth-order valence-corrected chi connectivity index (χ4v) is 5.54. The lowest BCUT2D eigenvalue weighted by Gasteiger charge is -2.34. The van der Waals surface area contributed by atoms with E-state index in [4.69, 9.17) is 21.9 Å². The Labute approximate surface area is 211 Å². The minimum atomic E-state index is -0.0261. The number of nitrogens with zero attached hydrogens (tertiary/aromatic N) is 3. The van der Waals surface area contributed by atoms with E-state index in [0.717, 1.165) is 88.2 Å². The first-order chi connectivity index (χ1) is 16.6. The number of pyridine rings is 1. The van der Waals surface area contributed by atoms with Crippen LogP contribution < -0.4 is 10.6 Å². The fraction of sp³-hybridized carbons (Fsp3) is 0.560. The molecule has 0 aliphatic carbocycles. The zero-order valence-corrected chi connectivity index (χ0v) is 21.6. The van der Waals surface area contributed by atoms with Crippen molar-refractivity contribution < 1.29 is 9.53 Å². The summed E-state index contributed by atoms with van der Waals surface area (Å²) in [5, 5.41) is 9.41. The van der Waals surface area contributed by atoms with Gasteiger partial charge in [-0.2, -0.15) is 0 Å². The van der Waals surface area contributed by atoms with Crippen molar-refractivity contribution in [3.05, 3.63) is 51.5 Å². The van der Waals surface area contributed by atoms with Crippen LogP contribution in [0, 0.1) is 6.92 Å². The number of piperidine rings is 1. The first-order valence-corrected chi connectivity index (χ1v) is 13.5. The van der Waals surface area contributed by atoms with Gasteiger partial charge < -0.3 is 20.3 Å². The van der Waals surface area contributed by atoms with Gasteiger partial charge in [0.25, 0.3) is 5.91 Å². The predicted molar refractivity (Wildman–Crippen MR) is 141 cm³/mol. The highest BCUT2D eigenvalue weighted by Gasteiger charge is 2.27. The van der Waals surface area contributed by atoms with E-state index in [-0.39, 0.29) is 11.8 Å². The maximum absolute atomic E-state index is 13.0. The highest BCUT2D eigenvalue weighted by molar-refractivity contribution is 7.80. The minimum Gasteiger partial charge on any atom is -0.379 e. The van der Waals surface area contributed by atoms with Crippen LogP contribution >= 0.6 is 23.6 Å². The van der Waals surface area contributed by atoms with Crippen LogP contribution in [0.1, 0.15) is 45.4 Å². The van der Waals surface area contributed by atoms with Crippen LogP contribution in [0.2, 0.25) is 0 Å². The molecule has 4 heterocycles. The molecule has 34 heavy (non-hydrogen) atoms. The molecule has 2 N–H and O–H groups in total. The van der Waals surface area contributed by atoms with E-state index >= 15 is 0 Å². The zero-order chi connectivity index (χ0) is 23.8. The highest BCUT2D eigenvalue weighted by atomic mass is 32.1. The monoisotopic (exact) mass is 501 g/mol. The Bertz CT molecular complexity index is 939. The molecule has 2 aliphatic heterocycles. The summed E-state index contributed by atoms with van der Waals surface area (Å²) in [7, 11) is 0. The van der Waals surface area contributed by atoms with Crippen LogP contribution in [0.15, 0.2) is 29.6 Å². The molecule has 1 amide bonds. The molecule has 2 aromatic heterocycles. The van der Waals surface area contributed by atoms with E-state index in [9.17, 15) is 4.79 Å². The SMILES string of the molecule is Cc1ccc(C(=O)NCCc2cccs2)c(C2CCN(C(=S)NCCN3CCOCC3)CC2)n1. The Morgan fingerprint density at radius 1 is 1.15 bits per heavy atom. The molecule has 0 spiro atoms. The zero-order valence-electron chi connectivity index (χ0n) is 19.9. The summed E-state index contributed by atoms with van der Waals surface area (Å²) in [5.41, 5.74) is 2.59. The number of aromatic nitrogens is 1. The number of ether oxygens (including phenoxy) is 1. The van der Waals surface area contributed by atoms with Crippen molar-refractivity contribution in [1.82, 2.24) is 25.4 Å². The number of aryl methyl sites for hydroxylation is 1. The summed E-state index contributed by atoms with van der Waals surface area (Å²) in [5.74, 6) is 0.243. The van der Waals surface area contributed by atoms with E-state index < -0.39 is 0 Å². The number of carbonyl (C=O) groups excluding carboxylic acids is 1. The van der Waals surface area contributed by atoms with E-state index in [1.165, 1.54) is 4.88 Å². The van der Waals surface area contributed by atoms with Crippen molar-refractivity contribution in [2.75, 3.05) is 59.0 Å². The Balaban J connectivity index is 1.27. The van der Waals surface area contributed by atoms with Gasteiger partial charge in [0.1, 0.15) is 0 Å². The molecule has 2 aromatic rings. The summed E-state index contributed by atoms with van der Waals surface area (Å²) in [6.07, 6.45) is 2.74. The molecule has 0 unspecified atom stereocenters. The van der Waals surface area contributed by atoms with Gasteiger partial charge in [0, 0.05) is 62.3 Å². The number of carbonyl (C=O) groups is 1. The third-order valence-corrected chi connectivity index (χ3v) is 7.86. The molecule has 0 saturated carbocycles. The number of rotatable bonds is 8. The molecule has 7 nitrogen and oxygen atoms in total. The number of thiophene rings is 1. The third-order valence-electron chi connectivity index (χ3n) is 6.52. The van der Waals surface area contributed by atoms with Crippen LogP contribution in [-0.2, 0) is 11.2 Å². The van der Waals surface area contributed by atoms with Gasteiger partial charge in [-0.05, 0) is 62.0 Å². The number of likely N-dealkylation sites (tertiary alicyclic amines) is 1. The predicted octanol–water partition coefficient (Wildman–Crippen LogP) is 2.81. The van der Waals surface area contributed by atoms with Gasteiger partial charge in [-0.3, -0.25) is 14.7 Å². The normalized spacial score (nSPS) is 17.5. The van der Waals surface area contributed by atoms with E-state index in [1.807, 2.05) is 25.1 Å². The van der Waals surface area contributed by atoms with Crippen LogP contribution in [0.25, 0.3) is 0 Å². The highest BCUT2D eigenvalue weighted by Crippen LogP contribution is 2.29. The van der Waals surface area contributed by atoms with Gasteiger partial charge in [0.15, 0.2) is 5.11 Å². The number of nitrogens with one attached hydrogen (secondary N) is 2. The summed E-state index contributed by atoms with van der Waals surface area (Å²) in [6, 6.07) is 8.01. The number of hydrogen-bond acceptors (Lipinski definition) is 6. The number of thiocarbonyl (C=S) groups is 1. The second-order valence-corrected chi connectivity index (χ2v) is 10.3. The maximum atomic E-state index is 13.0. The van der Waals surface area contributed by atoms with Gasteiger partial charge >= 0.3 is 0 Å². The van der Waals surface area contributed by atoms with Crippen molar-refractivity contribution >= 4 is 34.6 Å². The Morgan fingerprint density at radius 2 is 1.94 bits per heavy atom. The van der Waals surface area contributed by atoms with E-state index in [1.54, 1.807) is 11.3 Å². The standard InChI is InChI=1S/C25H35N5O2S2/c1-19-4-5-22(24(31)26-9-6-21-3-2-18-34-21)23(28-19)20-7-11-30(12-8-20)25(33)27-10-13-29-14-16-32-17-15-29/h2-5,18,20H,6-17H2,1H3,(H,26,31)(H,27,33). The van der Waals surface area contributed by atoms with Gasteiger partial charge in [0.2, 0.25) is 0 Å². The Kier molecular flexibility index (Phi) is 9.26. The lowest BCUT2D eigenvalue weighted by atomic mass is 9.90. The quantitative estimate of drug-likeness (QED) is 0.539. The first kappa shape index (κ1) is 25.0. The van der Waals surface area contributed by atoms with E-state index in [2.05, 4.69) is 31.9 Å². The summed E-state index contributed by atoms with van der Waals surface area (Å²) in [6.45, 7) is 9.85. The van der Waals surface area contributed by atoms with Crippen molar-refractivity contribution in [3.8, 4) is 0 Å². The Hall–Kier alpha value is -2.07. The van der Waals surface area contributed by atoms with Crippen LogP contribution in [0.5, 0.6) is 0 Å². The number of amides is 1. The molecule has 2 aliphatic rings. The molecule has 0 bridgehead atoms. The topological polar surface area (TPSA) is 69.7 Å². The van der Waals surface area contributed by atoms with Gasteiger partial charge in [0.05, 0.1) is 24.5 Å². The molecule has 9 heteroatoms. The molecule has 2 fully saturated rings. The Morgan fingerprint density at radius 3 is 2.68 bits per heavy atom. The molecule has 2 saturated heterocycles. The second kappa shape index (κ2) is 12.6. The maximum Gasteiger partial charge on any atom is 0.253 e. The fourth-order valence-electron chi connectivity index (χ4n) is 4.54. The average molecular weight is 502 g/mol. The van der Waals surface area contributed by atoms with Crippen molar-refractivity contribution in [2.45, 2.75) is 32.1 Å². The van der Waals surface area contributed by atoms with Crippen molar-refractivity contribution in [3.63, 3.8) is 0 Å². The molecule has 184 valence electrons. The summed E-state index contributed by atoms with van der Waals surface area (Å²) >= 11 is 7.38. The molecular weight excluding hydrogens is 466 g/mol. The third kappa shape index (κ3) is 6.97. The lowest BCUT2D eigenvalue weighted by Crippen LogP contribution is -2.47. The summed E-state index contributed by atoms with van der Waals surface area (Å²) in [4.78, 5) is 23.7. The van der Waals surface area contributed by atoms with Gasteiger partial charge in [-0.25, -0.2) is 0 Å². The second-order valence-electron chi connectivity index (χ2n) is 8.92. The molecule has 0 aromatic carbocycles. The minimum absolute atomic E-state index is 0.0261. The largest absolute Gasteiger partial charge is 0.379 e.